The van der Waals surface area contributed by atoms with E-state index in [9.17, 15) is 0 Å². The number of nitrogens with zero attached hydrogens (tertiary/aromatic N) is 1. The van der Waals surface area contributed by atoms with Crippen LogP contribution in [0.1, 0.15) is 0 Å². The molecule has 0 fully saturated rings. The molecule has 0 aromatic heterocycles. The van der Waals surface area contributed by atoms with Crippen molar-refractivity contribution in [1.82, 2.24) is 0 Å². The van der Waals surface area contributed by atoms with Crippen LogP contribution in [0.4, 0.5) is 0 Å². The first-order valence-corrected chi connectivity index (χ1v) is 16.9. The van der Waals surface area contributed by atoms with Gasteiger partial charge in [0.05, 0.1) is 7.11 Å². The van der Waals surface area contributed by atoms with Crippen molar-refractivity contribution in [2.24, 2.45) is 11.1 Å². The highest BCUT2D eigenvalue weighted by molar-refractivity contribution is 5.66. The molecule has 55 heavy (non-hydrogen) atoms. The molecule has 0 aliphatic rings. The van der Waals surface area contributed by atoms with E-state index in [0.29, 0.717) is 28.7 Å². The summed E-state index contributed by atoms with van der Waals surface area (Å²) in [7, 11) is 1.64. The Bertz CT molecular complexity index is 2180. The molecule has 0 saturated heterocycles. The van der Waals surface area contributed by atoms with Gasteiger partial charge in [-0.05, 0) is 106 Å². The van der Waals surface area contributed by atoms with Gasteiger partial charge in [-0.2, -0.15) is 5.90 Å². The van der Waals surface area contributed by atoms with Crippen molar-refractivity contribution in [2.75, 3.05) is 7.11 Å². The molecule has 7 aromatic rings. The SMILES string of the molecule is C=NOc1ccc(-c2ccc(OOc3cc(OOc4ccc(-c5ccc(OC)cc5)cc4)cc(OOc4ccc(-c5ccc(ON)cc5)cc4)c3)cc2)cc1. The third-order valence-electron chi connectivity index (χ3n) is 8.22. The Labute approximate surface area is 316 Å². The molecule has 0 bridgehead atoms. The Morgan fingerprint density at radius 2 is 0.600 bits per heavy atom. The summed E-state index contributed by atoms with van der Waals surface area (Å²) in [5.41, 5.74) is 5.94. The number of oxime groups is 1. The van der Waals surface area contributed by atoms with Gasteiger partial charge in [-0.25, -0.2) is 0 Å². The Morgan fingerprint density at radius 3 is 0.873 bits per heavy atom. The van der Waals surface area contributed by atoms with E-state index in [0.717, 1.165) is 39.1 Å². The second-order valence-electron chi connectivity index (χ2n) is 11.8. The molecule has 0 atom stereocenters. The summed E-state index contributed by atoms with van der Waals surface area (Å²) in [5, 5.41) is 3.44. The summed E-state index contributed by atoms with van der Waals surface area (Å²) in [4.78, 5) is 43.9. The molecule has 0 spiro atoms. The summed E-state index contributed by atoms with van der Waals surface area (Å²) in [6.45, 7) is 3.34. The lowest BCUT2D eigenvalue weighted by atomic mass is 10.1. The topological polar surface area (TPSA) is 121 Å². The molecule has 11 heteroatoms. The predicted molar refractivity (Wildman–Crippen MR) is 207 cm³/mol. The Balaban J connectivity index is 1.03. The number of hydrogen-bond donors (Lipinski definition) is 1. The van der Waals surface area contributed by atoms with Crippen LogP contribution in [0.5, 0.6) is 51.7 Å². The maximum atomic E-state index is 5.70. The van der Waals surface area contributed by atoms with Crippen LogP contribution >= 0.6 is 0 Å². The number of methoxy groups -OCH3 is 1. The Morgan fingerprint density at radius 1 is 0.345 bits per heavy atom. The lowest BCUT2D eigenvalue weighted by Crippen LogP contribution is -2.05. The molecule has 0 aliphatic carbocycles. The van der Waals surface area contributed by atoms with Crippen LogP contribution in [0.25, 0.3) is 33.4 Å². The Hall–Kier alpha value is -7.63. The van der Waals surface area contributed by atoms with Crippen molar-refractivity contribution < 1.29 is 43.7 Å². The summed E-state index contributed by atoms with van der Waals surface area (Å²) in [5.74, 6) is 9.36. The van der Waals surface area contributed by atoms with E-state index >= 15 is 0 Å². The number of benzene rings is 7. The minimum atomic E-state index is 0.255. The van der Waals surface area contributed by atoms with Crippen LogP contribution in [0.15, 0.2) is 169 Å². The third-order valence-corrected chi connectivity index (χ3v) is 8.22. The molecule has 11 nitrogen and oxygen atoms in total. The summed E-state index contributed by atoms with van der Waals surface area (Å²) >= 11 is 0. The first-order valence-electron chi connectivity index (χ1n) is 16.9. The van der Waals surface area contributed by atoms with Crippen molar-refractivity contribution >= 4 is 6.72 Å². The number of rotatable bonds is 16. The first kappa shape index (κ1) is 35.8. The van der Waals surface area contributed by atoms with Gasteiger partial charge in [0.15, 0.2) is 40.2 Å². The van der Waals surface area contributed by atoms with E-state index in [1.165, 1.54) is 0 Å². The van der Waals surface area contributed by atoms with Crippen molar-refractivity contribution in [3.05, 3.63) is 164 Å². The molecule has 0 unspecified atom stereocenters. The molecule has 7 aromatic carbocycles. The van der Waals surface area contributed by atoms with E-state index < -0.39 is 0 Å². The van der Waals surface area contributed by atoms with E-state index in [2.05, 4.69) is 11.9 Å². The number of nitrogens with two attached hydrogens (primary N) is 1. The Kier molecular flexibility index (Phi) is 11.2. The van der Waals surface area contributed by atoms with Crippen molar-refractivity contribution in [3.63, 3.8) is 0 Å². The summed E-state index contributed by atoms with van der Waals surface area (Å²) in [6, 6.07) is 49.6. The smallest absolute Gasteiger partial charge is 0.186 e. The van der Waals surface area contributed by atoms with Crippen molar-refractivity contribution in [2.45, 2.75) is 0 Å². The molecule has 0 amide bonds. The monoisotopic (exact) mass is 734 g/mol. The highest BCUT2D eigenvalue weighted by atomic mass is 17.2. The molecule has 0 saturated carbocycles. The fraction of sp³-hybridized carbons (Fsp3) is 0.0227. The minimum absolute atomic E-state index is 0.255. The highest BCUT2D eigenvalue weighted by Gasteiger charge is 2.11. The van der Waals surface area contributed by atoms with Crippen LogP contribution < -0.4 is 49.6 Å². The highest BCUT2D eigenvalue weighted by Crippen LogP contribution is 2.32. The average molecular weight is 735 g/mol. The van der Waals surface area contributed by atoms with Gasteiger partial charge < -0.3 is 14.4 Å². The number of ether oxygens (including phenoxy) is 1. The normalized spacial score (nSPS) is 10.4. The fourth-order valence-electron chi connectivity index (χ4n) is 5.38. The van der Waals surface area contributed by atoms with E-state index in [1.807, 2.05) is 97.1 Å². The van der Waals surface area contributed by atoms with Crippen LogP contribution in [0, 0.1) is 0 Å². The van der Waals surface area contributed by atoms with Crippen LogP contribution in [-0.4, -0.2) is 13.8 Å². The molecule has 2 N–H and O–H groups in total. The zero-order valence-electron chi connectivity index (χ0n) is 29.5. The molecule has 274 valence electrons. The molecule has 7 rings (SSSR count). The average Bonchev–Trinajstić information content (AvgIpc) is 3.25. The van der Waals surface area contributed by atoms with Gasteiger partial charge in [0.1, 0.15) is 11.5 Å². The standard InChI is InChI=1S/C44H34N2O9/c1-46-49-38-19-7-32(8-20-38)35-13-25-41(26-14-35)52-55-44-28-42(53-50-39-21-9-33(10-22-39)30-3-15-36(47-2)16-4-30)27-43(29-44)54-51-40-23-11-34(12-24-40)31-5-17-37(48-45)18-6-31/h3-29H,1,45H2,2H3. The fourth-order valence-corrected chi connectivity index (χ4v) is 5.38. The van der Waals surface area contributed by atoms with Crippen LogP contribution in [-0.2, 0) is 0 Å². The maximum absolute atomic E-state index is 5.70. The molecule has 0 aliphatic heterocycles. The van der Waals surface area contributed by atoms with Gasteiger partial charge in [-0.3, -0.25) is 29.3 Å². The van der Waals surface area contributed by atoms with E-state index in [4.69, 9.17) is 49.6 Å². The van der Waals surface area contributed by atoms with Gasteiger partial charge in [-0.15, -0.1) is 0 Å². The maximum Gasteiger partial charge on any atom is 0.186 e. The number of hydrogen-bond acceptors (Lipinski definition) is 11. The quantitative estimate of drug-likeness (QED) is 0.0583. The lowest BCUT2D eigenvalue weighted by molar-refractivity contribution is -0.114. The second kappa shape index (κ2) is 17.3. The van der Waals surface area contributed by atoms with Crippen LogP contribution in [0.3, 0.4) is 0 Å². The zero-order chi connectivity index (χ0) is 37.8. The van der Waals surface area contributed by atoms with E-state index in [1.54, 1.807) is 73.8 Å². The predicted octanol–water partition coefficient (Wildman–Crippen LogP) is 10.1. The van der Waals surface area contributed by atoms with Gasteiger partial charge in [0.2, 0.25) is 0 Å². The first-order chi connectivity index (χ1) is 27.0. The van der Waals surface area contributed by atoms with E-state index in [-0.39, 0.29) is 17.2 Å². The van der Waals surface area contributed by atoms with Gasteiger partial charge >= 0.3 is 0 Å². The van der Waals surface area contributed by atoms with Gasteiger partial charge in [-0.1, -0.05) is 78.0 Å². The molecular weight excluding hydrogens is 700 g/mol. The second-order valence-corrected chi connectivity index (χ2v) is 11.8. The third kappa shape index (κ3) is 9.43. The summed E-state index contributed by atoms with van der Waals surface area (Å²) < 4.78 is 5.26. The minimum Gasteiger partial charge on any atom is -0.497 e. The molecule has 0 heterocycles. The summed E-state index contributed by atoms with van der Waals surface area (Å²) in [6.07, 6.45) is 0. The van der Waals surface area contributed by atoms with Crippen molar-refractivity contribution in [3.8, 4) is 85.1 Å². The lowest BCUT2D eigenvalue weighted by Gasteiger charge is -2.12. The van der Waals surface area contributed by atoms with Gasteiger partial charge in [0.25, 0.3) is 0 Å². The van der Waals surface area contributed by atoms with Crippen molar-refractivity contribution in [1.29, 1.82) is 0 Å². The molecular formula is C44H34N2O9. The molecule has 0 radical (unpaired) electrons. The zero-order valence-corrected chi connectivity index (χ0v) is 29.5. The van der Waals surface area contributed by atoms with Crippen LogP contribution in [0.2, 0.25) is 0 Å². The van der Waals surface area contributed by atoms with Gasteiger partial charge in [0, 0.05) is 24.9 Å². The largest absolute Gasteiger partial charge is 0.497 e.